The molecule has 2 nitrogen and oxygen atoms in total. The number of carbonyl (C=O) groups excluding carboxylic acids is 1. The van der Waals surface area contributed by atoms with E-state index in [9.17, 15) is 4.79 Å². The quantitative estimate of drug-likeness (QED) is 0.520. The molecule has 80 valence electrons. The van der Waals surface area contributed by atoms with Gasteiger partial charge < -0.3 is 5.32 Å². The van der Waals surface area contributed by atoms with Crippen molar-refractivity contribution in [2.24, 2.45) is 5.92 Å². The van der Waals surface area contributed by atoms with Crippen LogP contribution in [-0.2, 0) is 4.79 Å². The van der Waals surface area contributed by atoms with Gasteiger partial charge in [0.15, 0.2) is 0 Å². The number of hydrogen-bond donors (Lipinski definition) is 1. The summed E-state index contributed by atoms with van der Waals surface area (Å²) in [5.74, 6) is 1.03. The van der Waals surface area contributed by atoms with E-state index in [2.05, 4.69) is 11.9 Å². The molecule has 0 aromatic rings. The molecule has 1 fully saturated rings. The largest absolute Gasteiger partial charge is 0.307 e. The fraction of sp³-hybridized carbons (Fsp3) is 0.750. The molecule has 1 saturated carbocycles. The van der Waals surface area contributed by atoms with E-state index in [0.717, 1.165) is 13.0 Å². The van der Waals surface area contributed by atoms with Crippen molar-refractivity contribution in [1.82, 2.24) is 5.32 Å². The average molecular weight is 195 g/mol. The van der Waals surface area contributed by atoms with Crippen LogP contribution >= 0.6 is 0 Å². The SMILES string of the molecule is C=CCNCC(=O)CC1CCCCC1. The summed E-state index contributed by atoms with van der Waals surface area (Å²) in [6.45, 7) is 4.85. The highest BCUT2D eigenvalue weighted by Crippen LogP contribution is 2.26. The Kier molecular flexibility index (Phi) is 5.53. The zero-order chi connectivity index (χ0) is 10.2. The molecule has 0 saturated heterocycles. The zero-order valence-corrected chi connectivity index (χ0v) is 8.93. The molecular weight excluding hydrogens is 174 g/mol. The number of Topliss-reactive ketones (excluding diaryl/α,β-unsaturated/α-hetero) is 1. The maximum absolute atomic E-state index is 11.5. The number of ketones is 1. The Hall–Kier alpha value is -0.630. The Bertz CT molecular complexity index is 183. The van der Waals surface area contributed by atoms with E-state index in [4.69, 9.17) is 0 Å². The topological polar surface area (TPSA) is 29.1 Å². The number of rotatable bonds is 6. The number of carbonyl (C=O) groups is 1. The summed E-state index contributed by atoms with van der Waals surface area (Å²) >= 11 is 0. The van der Waals surface area contributed by atoms with Gasteiger partial charge in [0.2, 0.25) is 0 Å². The molecule has 0 amide bonds. The maximum Gasteiger partial charge on any atom is 0.146 e. The van der Waals surface area contributed by atoms with Gasteiger partial charge in [0, 0.05) is 13.0 Å². The maximum atomic E-state index is 11.5. The molecule has 0 heterocycles. The summed E-state index contributed by atoms with van der Waals surface area (Å²) in [7, 11) is 0. The van der Waals surface area contributed by atoms with E-state index in [1.807, 2.05) is 0 Å². The molecule has 0 unspecified atom stereocenters. The third-order valence-electron chi connectivity index (χ3n) is 2.85. The van der Waals surface area contributed by atoms with Crippen LogP contribution in [0.1, 0.15) is 38.5 Å². The molecule has 1 N–H and O–H groups in total. The molecule has 1 rings (SSSR count). The second-order valence-electron chi connectivity index (χ2n) is 4.17. The molecule has 0 atom stereocenters. The molecular formula is C12H21NO. The first-order valence-electron chi connectivity index (χ1n) is 5.66. The Morgan fingerprint density at radius 2 is 2.07 bits per heavy atom. The van der Waals surface area contributed by atoms with Gasteiger partial charge in [0.25, 0.3) is 0 Å². The predicted molar refractivity (Wildman–Crippen MR) is 59.3 cm³/mol. The van der Waals surface area contributed by atoms with Crippen LogP contribution in [0.3, 0.4) is 0 Å². The van der Waals surface area contributed by atoms with Crippen LogP contribution in [0, 0.1) is 5.92 Å². The van der Waals surface area contributed by atoms with E-state index in [0.29, 0.717) is 18.2 Å². The molecule has 1 aliphatic carbocycles. The second kappa shape index (κ2) is 6.77. The molecule has 0 aromatic carbocycles. The number of hydrogen-bond acceptors (Lipinski definition) is 2. The van der Waals surface area contributed by atoms with Gasteiger partial charge in [-0.2, -0.15) is 0 Å². The lowest BCUT2D eigenvalue weighted by Crippen LogP contribution is -2.25. The highest BCUT2D eigenvalue weighted by molar-refractivity contribution is 5.80. The van der Waals surface area contributed by atoms with Crippen LogP contribution < -0.4 is 5.32 Å². The standard InChI is InChI=1S/C12H21NO/c1-2-8-13-10-12(14)9-11-6-4-3-5-7-11/h2,11,13H,1,3-10H2. The zero-order valence-electron chi connectivity index (χ0n) is 8.93. The Balaban J connectivity index is 2.09. The fourth-order valence-corrected chi connectivity index (χ4v) is 2.10. The molecule has 2 heteroatoms. The van der Waals surface area contributed by atoms with E-state index < -0.39 is 0 Å². The lowest BCUT2D eigenvalue weighted by atomic mass is 9.86. The van der Waals surface area contributed by atoms with Crippen molar-refractivity contribution < 1.29 is 4.79 Å². The third kappa shape index (κ3) is 4.56. The van der Waals surface area contributed by atoms with E-state index in [1.165, 1.54) is 32.1 Å². The van der Waals surface area contributed by atoms with Gasteiger partial charge in [0.05, 0.1) is 6.54 Å². The molecule has 0 aromatic heterocycles. The number of nitrogens with one attached hydrogen (secondary N) is 1. The van der Waals surface area contributed by atoms with E-state index in [-0.39, 0.29) is 0 Å². The van der Waals surface area contributed by atoms with E-state index in [1.54, 1.807) is 6.08 Å². The summed E-state index contributed by atoms with van der Waals surface area (Å²) < 4.78 is 0. The molecule has 0 radical (unpaired) electrons. The summed E-state index contributed by atoms with van der Waals surface area (Å²) in [4.78, 5) is 11.5. The van der Waals surface area contributed by atoms with Crippen molar-refractivity contribution in [2.75, 3.05) is 13.1 Å². The lowest BCUT2D eigenvalue weighted by Gasteiger charge is -2.20. The van der Waals surface area contributed by atoms with Crippen molar-refractivity contribution in [2.45, 2.75) is 38.5 Å². The van der Waals surface area contributed by atoms with Crippen molar-refractivity contribution in [3.8, 4) is 0 Å². The Morgan fingerprint density at radius 1 is 1.36 bits per heavy atom. The van der Waals surface area contributed by atoms with Gasteiger partial charge in [-0.15, -0.1) is 6.58 Å². The molecule has 0 bridgehead atoms. The van der Waals surface area contributed by atoms with Gasteiger partial charge in [-0.05, 0) is 5.92 Å². The Morgan fingerprint density at radius 3 is 2.71 bits per heavy atom. The first-order chi connectivity index (χ1) is 6.83. The van der Waals surface area contributed by atoms with Crippen molar-refractivity contribution in [1.29, 1.82) is 0 Å². The van der Waals surface area contributed by atoms with Crippen LogP contribution in [0.25, 0.3) is 0 Å². The molecule has 1 aliphatic rings. The highest BCUT2D eigenvalue weighted by atomic mass is 16.1. The Labute approximate surface area is 86.8 Å². The smallest absolute Gasteiger partial charge is 0.146 e. The molecule has 14 heavy (non-hydrogen) atoms. The minimum atomic E-state index is 0.360. The van der Waals surface area contributed by atoms with Gasteiger partial charge in [0.1, 0.15) is 5.78 Å². The summed E-state index contributed by atoms with van der Waals surface area (Å²) in [6.07, 6.45) is 9.08. The fourth-order valence-electron chi connectivity index (χ4n) is 2.10. The van der Waals surface area contributed by atoms with Gasteiger partial charge in [-0.1, -0.05) is 38.2 Å². The van der Waals surface area contributed by atoms with Crippen LogP contribution in [0.15, 0.2) is 12.7 Å². The molecule has 0 aliphatic heterocycles. The first kappa shape index (κ1) is 11.4. The van der Waals surface area contributed by atoms with Crippen molar-refractivity contribution in [3.05, 3.63) is 12.7 Å². The van der Waals surface area contributed by atoms with Crippen molar-refractivity contribution in [3.63, 3.8) is 0 Å². The van der Waals surface area contributed by atoms with Crippen LogP contribution in [0.2, 0.25) is 0 Å². The van der Waals surface area contributed by atoms with Gasteiger partial charge in [-0.25, -0.2) is 0 Å². The van der Waals surface area contributed by atoms with Gasteiger partial charge in [-0.3, -0.25) is 4.79 Å². The second-order valence-corrected chi connectivity index (χ2v) is 4.17. The molecule has 0 spiro atoms. The van der Waals surface area contributed by atoms with Crippen molar-refractivity contribution >= 4 is 5.78 Å². The highest BCUT2D eigenvalue weighted by Gasteiger charge is 2.16. The van der Waals surface area contributed by atoms with Crippen LogP contribution in [0.5, 0.6) is 0 Å². The van der Waals surface area contributed by atoms with Crippen LogP contribution in [-0.4, -0.2) is 18.9 Å². The minimum absolute atomic E-state index is 0.360. The summed E-state index contributed by atoms with van der Waals surface area (Å²) in [5.41, 5.74) is 0. The normalized spacial score (nSPS) is 18.0. The summed E-state index contributed by atoms with van der Waals surface area (Å²) in [5, 5.41) is 3.06. The third-order valence-corrected chi connectivity index (χ3v) is 2.85. The minimum Gasteiger partial charge on any atom is -0.307 e. The van der Waals surface area contributed by atoms with E-state index >= 15 is 0 Å². The average Bonchev–Trinajstić information content (AvgIpc) is 2.20. The summed E-state index contributed by atoms with van der Waals surface area (Å²) in [6, 6.07) is 0. The van der Waals surface area contributed by atoms with Gasteiger partial charge >= 0.3 is 0 Å². The van der Waals surface area contributed by atoms with Crippen LogP contribution in [0.4, 0.5) is 0 Å². The first-order valence-corrected chi connectivity index (χ1v) is 5.66. The predicted octanol–water partition coefficient (Wildman–Crippen LogP) is 2.30. The monoisotopic (exact) mass is 195 g/mol. The lowest BCUT2D eigenvalue weighted by molar-refractivity contribution is -0.119.